The molecule has 72 valence electrons. The van der Waals surface area contributed by atoms with Gasteiger partial charge in [0.1, 0.15) is 18.3 Å². The van der Waals surface area contributed by atoms with E-state index in [1.165, 1.54) is 0 Å². The molecular formula is C7H15NO4. The topological polar surface area (TPSA) is 95.9 Å². The van der Waals surface area contributed by atoms with E-state index in [0.717, 1.165) is 0 Å². The van der Waals surface area contributed by atoms with Crippen LogP contribution in [0.15, 0.2) is 0 Å². The van der Waals surface area contributed by atoms with Crippen LogP contribution in [-0.2, 0) is 4.74 Å². The lowest BCUT2D eigenvalue weighted by molar-refractivity contribution is -0.213. The molecule has 5 N–H and O–H groups in total. The van der Waals surface area contributed by atoms with Crippen LogP contribution < -0.4 is 5.73 Å². The van der Waals surface area contributed by atoms with E-state index >= 15 is 0 Å². The van der Waals surface area contributed by atoms with E-state index in [4.69, 9.17) is 10.5 Å². The summed E-state index contributed by atoms with van der Waals surface area (Å²) < 4.78 is 5.15. The number of aliphatic hydroxyl groups excluding tert-OH is 3. The van der Waals surface area contributed by atoms with Crippen LogP contribution in [0.25, 0.3) is 0 Å². The minimum atomic E-state index is -1.16. The highest BCUT2D eigenvalue weighted by Gasteiger charge is 2.40. The van der Waals surface area contributed by atoms with Gasteiger partial charge in [0.25, 0.3) is 0 Å². The standard InChI is InChI=1S/C7H15NO4/c1-3-5(9)7(11)6(10)4(2-8)12-3/h3-7,9-11H,2,8H2,1H3/t3?,4-,5+,6?,7?/m0/s1. The minimum absolute atomic E-state index is 0.134. The van der Waals surface area contributed by atoms with E-state index < -0.39 is 30.5 Å². The minimum Gasteiger partial charge on any atom is -0.388 e. The Morgan fingerprint density at radius 1 is 1.17 bits per heavy atom. The number of rotatable bonds is 1. The Balaban J connectivity index is 2.63. The summed E-state index contributed by atoms with van der Waals surface area (Å²) in [5.74, 6) is 0. The van der Waals surface area contributed by atoms with Gasteiger partial charge in [-0.3, -0.25) is 0 Å². The van der Waals surface area contributed by atoms with Crippen molar-refractivity contribution in [3.63, 3.8) is 0 Å². The van der Waals surface area contributed by atoms with Gasteiger partial charge in [0, 0.05) is 6.54 Å². The molecule has 1 aliphatic rings. The van der Waals surface area contributed by atoms with E-state index in [1.807, 2.05) is 0 Å². The second-order valence-electron chi connectivity index (χ2n) is 3.09. The average Bonchev–Trinajstić information content (AvgIpc) is 2.08. The average molecular weight is 177 g/mol. The fourth-order valence-corrected chi connectivity index (χ4v) is 1.33. The van der Waals surface area contributed by atoms with Crippen LogP contribution in [0, 0.1) is 0 Å². The summed E-state index contributed by atoms with van der Waals surface area (Å²) in [5, 5.41) is 27.8. The summed E-state index contributed by atoms with van der Waals surface area (Å²) in [4.78, 5) is 0. The summed E-state index contributed by atoms with van der Waals surface area (Å²) in [5.41, 5.74) is 5.29. The van der Waals surface area contributed by atoms with E-state index in [1.54, 1.807) is 6.92 Å². The Bertz CT molecular complexity index is 150. The van der Waals surface area contributed by atoms with Gasteiger partial charge in [-0.05, 0) is 6.92 Å². The molecule has 3 unspecified atom stereocenters. The molecule has 0 aromatic heterocycles. The van der Waals surface area contributed by atoms with Crippen molar-refractivity contribution in [3.05, 3.63) is 0 Å². The molecule has 0 amide bonds. The van der Waals surface area contributed by atoms with Gasteiger partial charge in [-0.2, -0.15) is 0 Å². The van der Waals surface area contributed by atoms with Crippen molar-refractivity contribution >= 4 is 0 Å². The Labute approximate surface area is 70.8 Å². The van der Waals surface area contributed by atoms with Gasteiger partial charge in [0.15, 0.2) is 0 Å². The molecule has 1 rings (SSSR count). The lowest BCUT2D eigenvalue weighted by Crippen LogP contribution is -2.58. The van der Waals surface area contributed by atoms with Crippen molar-refractivity contribution < 1.29 is 20.1 Å². The monoisotopic (exact) mass is 177 g/mol. The van der Waals surface area contributed by atoms with Crippen LogP contribution in [0.5, 0.6) is 0 Å². The molecule has 0 bridgehead atoms. The van der Waals surface area contributed by atoms with Crippen LogP contribution in [0.2, 0.25) is 0 Å². The van der Waals surface area contributed by atoms with Crippen molar-refractivity contribution in [2.45, 2.75) is 37.4 Å². The second kappa shape index (κ2) is 3.68. The molecular weight excluding hydrogens is 162 g/mol. The quantitative estimate of drug-likeness (QED) is 0.365. The first kappa shape index (κ1) is 9.88. The molecule has 0 radical (unpaired) electrons. The highest BCUT2D eigenvalue weighted by Crippen LogP contribution is 2.19. The lowest BCUT2D eigenvalue weighted by atomic mass is 9.96. The zero-order valence-electron chi connectivity index (χ0n) is 6.92. The van der Waals surface area contributed by atoms with Gasteiger partial charge in [0.2, 0.25) is 0 Å². The molecule has 12 heavy (non-hydrogen) atoms. The number of hydrogen-bond acceptors (Lipinski definition) is 5. The molecule has 5 nitrogen and oxygen atoms in total. The van der Waals surface area contributed by atoms with Crippen molar-refractivity contribution in [2.75, 3.05) is 6.54 Å². The number of ether oxygens (including phenoxy) is 1. The highest BCUT2D eigenvalue weighted by molar-refractivity contribution is 4.90. The predicted octanol–water partition coefficient (Wildman–Crippen LogP) is -2.18. The fourth-order valence-electron chi connectivity index (χ4n) is 1.33. The first-order valence-electron chi connectivity index (χ1n) is 3.97. The highest BCUT2D eigenvalue weighted by atomic mass is 16.5. The molecule has 0 spiro atoms. The van der Waals surface area contributed by atoms with Crippen molar-refractivity contribution in [1.29, 1.82) is 0 Å². The first-order valence-corrected chi connectivity index (χ1v) is 3.97. The second-order valence-corrected chi connectivity index (χ2v) is 3.09. The molecule has 0 aliphatic carbocycles. The number of aliphatic hydroxyl groups is 3. The van der Waals surface area contributed by atoms with E-state index in [9.17, 15) is 15.3 Å². The fraction of sp³-hybridized carbons (Fsp3) is 1.00. The smallest absolute Gasteiger partial charge is 0.111 e. The summed E-state index contributed by atoms with van der Waals surface area (Å²) in [7, 11) is 0. The summed E-state index contributed by atoms with van der Waals surface area (Å²) in [6.07, 6.45) is -4.37. The summed E-state index contributed by atoms with van der Waals surface area (Å²) in [6.45, 7) is 1.76. The van der Waals surface area contributed by atoms with Crippen LogP contribution >= 0.6 is 0 Å². The molecule has 5 heteroatoms. The SMILES string of the molecule is CC1O[C@@H](CN)C(O)C(O)[C@@H]1O. The zero-order chi connectivity index (χ0) is 9.30. The molecule has 1 heterocycles. The van der Waals surface area contributed by atoms with E-state index in [0.29, 0.717) is 0 Å². The predicted molar refractivity (Wildman–Crippen MR) is 41.4 cm³/mol. The van der Waals surface area contributed by atoms with Gasteiger partial charge in [-0.15, -0.1) is 0 Å². The van der Waals surface area contributed by atoms with Gasteiger partial charge in [-0.1, -0.05) is 0 Å². The van der Waals surface area contributed by atoms with Gasteiger partial charge >= 0.3 is 0 Å². The Kier molecular flexibility index (Phi) is 3.03. The number of nitrogens with two attached hydrogens (primary N) is 1. The normalized spacial score (nSPS) is 49.2. The Morgan fingerprint density at radius 2 is 1.75 bits per heavy atom. The van der Waals surface area contributed by atoms with Crippen molar-refractivity contribution in [3.8, 4) is 0 Å². The van der Waals surface area contributed by atoms with Gasteiger partial charge in [-0.25, -0.2) is 0 Å². The third kappa shape index (κ3) is 1.60. The third-order valence-corrected chi connectivity index (χ3v) is 2.18. The molecule has 5 atom stereocenters. The third-order valence-electron chi connectivity index (χ3n) is 2.18. The molecule has 1 saturated heterocycles. The maximum atomic E-state index is 9.31. The number of hydrogen-bond donors (Lipinski definition) is 4. The summed E-state index contributed by atoms with van der Waals surface area (Å²) >= 11 is 0. The lowest BCUT2D eigenvalue weighted by Gasteiger charge is -2.38. The Morgan fingerprint density at radius 3 is 2.25 bits per heavy atom. The first-order chi connectivity index (χ1) is 5.57. The largest absolute Gasteiger partial charge is 0.388 e. The van der Waals surface area contributed by atoms with E-state index in [2.05, 4.69) is 0 Å². The maximum absolute atomic E-state index is 9.31. The van der Waals surface area contributed by atoms with Crippen LogP contribution in [0.1, 0.15) is 6.92 Å². The van der Waals surface area contributed by atoms with Crippen LogP contribution in [0.3, 0.4) is 0 Å². The molecule has 1 aliphatic heterocycles. The van der Waals surface area contributed by atoms with Gasteiger partial charge < -0.3 is 25.8 Å². The maximum Gasteiger partial charge on any atom is 0.111 e. The molecule has 0 saturated carbocycles. The molecule has 0 aromatic rings. The van der Waals surface area contributed by atoms with Crippen LogP contribution in [0.4, 0.5) is 0 Å². The molecule has 0 aromatic carbocycles. The van der Waals surface area contributed by atoms with Gasteiger partial charge in [0.05, 0.1) is 12.2 Å². The zero-order valence-corrected chi connectivity index (χ0v) is 6.92. The van der Waals surface area contributed by atoms with Crippen molar-refractivity contribution in [1.82, 2.24) is 0 Å². The Hall–Kier alpha value is -0.200. The molecule has 1 fully saturated rings. The van der Waals surface area contributed by atoms with E-state index in [-0.39, 0.29) is 6.54 Å². The van der Waals surface area contributed by atoms with Crippen molar-refractivity contribution in [2.24, 2.45) is 5.73 Å². The van der Waals surface area contributed by atoms with Crippen LogP contribution in [-0.4, -0.2) is 52.4 Å². The summed E-state index contributed by atoms with van der Waals surface area (Å²) in [6, 6.07) is 0.